The molecule has 10 heavy (non-hydrogen) atoms. The van der Waals surface area contributed by atoms with Crippen molar-refractivity contribution < 1.29 is 4.74 Å². The quantitative estimate of drug-likeness (QED) is 0.604. The summed E-state index contributed by atoms with van der Waals surface area (Å²) in [6.45, 7) is 6.48. The van der Waals surface area contributed by atoms with Crippen LogP contribution in [-0.2, 0) is 4.74 Å². The second-order valence-electron chi connectivity index (χ2n) is 3.22. The highest BCUT2D eigenvalue weighted by Gasteiger charge is 2.25. The second-order valence-corrected chi connectivity index (χ2v) is 3.22. The summed E-state index contributed by atoms with van der Waals surface area (Å²) in [4.78, 5) is 0. The molecule has 0 aliphatic heterocycles. The van der Waals surface area contributed by atoms with E-state index < -0.39 is 0 Å². The Morgan fingerprint density at radius 1 is 1.70 bits per heavy atom. The van der Waals surface area contributed by atoms with Gasteiger partial charge in [0, 0.05) is 0 Å². The van der Waals surface area contributed by atoms with Crippen LogP contribution in [0.4, 0.5) is 0 Å². The average molecular weight is 141 g/mol. The highest BCUT2D eigenvalue weighted by atomic mass is 16.5. The lowest BCUT2D eigenvalue weighted by Gasteiger charge is -2.32. The minimum absolute atomic E-state index is 0.347. The third-order valence-corrected chi connectivity index (χ3v) is 1.98. The van der Waals surface area contributed by atoms with E-state index in [9.17, 15) is 0 Å². The van der Waals surface area contributed by atoms with Crippen LogP contribution >= 0.6 is 0 Å². The van der Waals surface area contributed by atoms with Crippen molar-refractivity contribution in [1.29, 1.82) is 0 Å². The lowest BCUT2D eigenvalue weighted by molar-refractivity contribution is 0.0877. The molecule has 1 fully saturated rings. The first-order chi connectivity index (χ1) is 4.68. The van der Waals surface area contributed by atoms with Crippen molar-refractivity contribution in [3.8, 4) is 0 Å². The molecule has 0 amide bonds. The maximum atomic E-state index is 5.24. The summed E-state index contributed by atoms with van der Waals surface area (Å²) in [7, 11) is 0. The van der Waals surface area contributed by atoms with Crippen LogP contribution < -0.4 is 5.73 Å². The van der Waals surface area contributed by atoms with Crippen molar-refractivity contribution in [2.45, 2.75) is 19.8 Å². The van der Waals surface area contributed by atoms with Crippen LogP contribution in [0.1, 0.15) is 19.8 Å². The van der Waals surface area contributed by atoms with E-state index in [0.717, 1.165) is 18.4 Å². The van der Waals surface area contributed by atoms with Gasteiger partial charge in [-0.05, 0) is 31.3 Å². The summed E-state index contributed by atoms with van der Waals surface area (Å²) in [6.07, 6.45) is 2.57. The van der Waals surface area contributed by atoms with Gasteiger partial charge < -0.3 is 10.5 Å². The zero-order chi connectivity index (χ0) is 7.56. The standard InChI is InChI=1S/C8H15NO/c1-6-3-8(4-6)5-10-7(2)9/h6,8H,2-5,9H2,1H3. The molecule has 1 saturated carbocycles. The average Bonchev–Trinajstić information content (AvgIpc) is 1.77. The Kier molecular flexibility index (Phi) is 2.20. The minimum Gasteiger partial charge on any atom is -0.480 e. The van der Waals surface area contributed by atoms with Crippen LogP contribution in [-0.4, -0.2) is 6.61 Å². The molecular weight excluding hydrogens is 126 g/mol. The molecular formula is C8H15NO. The molecule has 0 unspecified atom stereocenters. The normalized spacial score (nSPS) is 30.9. The van der Waals surface area contributed by atoms with Crippen molar-refractivity contribution in [2.75, 3.05) is 6.61 Å². The van der Waals surface area contributed by atoms with Gasteiger partial charge in [0.25, 0.3) is 0 Å². The van der Waals surface area contributed by atoms with Gasteiger partial charge in [0.1, 0.15) is 0 Å². The molecule has 0 heterocycles. The number of hydrogen-bond donors (Lipinski definition) is 1. The Morgan fingerprint density at radius 3 is 2.70 bits per heavy atom. The largest absolute Gasteiger partial charge is 0.480 e. The van der Waals surface area contributed by atoms with Crippen LogP contribution in [0.15, 0.2) is 12.5 Å². The predicted molar refractivity (Wildman–Crippen MR) is 41.2 cm³/mol. The van der Waals surface area contributed by atoms with Crippen LogP contribution in [0.3, 0.4) is 0 Å². The molecule has 2 N–H and O–H groups in total. The fraction of sp³-hybridized carbons (Fsp3) is 0.750. The van der Waals surface area contributed by atoms with E-state index in [1.54, 1.807) is 0 Å². The Hall–Kier alpha value is -0.660. The maximum absolute atomic E-state index is 5.24. The van der Waals surface area contributed by atoms with Crippen molar-refractivity contribution in [3.05, 3.63) is 12.5 Å². The van der Waals surface area contributed by atoms with Crippen molar-refractivity contribution in [1.82, 2.24) is 0 Å². The monoisotopic (exact) mass is 141 g/mol. The van der Waals surface area contributed by atoms with E-state index in [-0.39, 0.29) is 0 Å². The molecule has 1 aliphatic carbocycles. The molecule has 1 rings (SSSR count). The fourth-order valence-electron chi connectivity index (χ4n) is 1.43. The van der Waals surface area contributed by atoms with E-state index in [4.69, 9.17) is 10.5 Å². The van der Waals surface area contributed by atoms with Crippen LogP contribution in [0, 0.1) is 11.8 Å². The van der Waals surface area contributed by atoms with E-state index in [2.05, 4.69) is 13.5 Å². The molecule has 58 valence electrons. The number of nitrogens with two attached hydrogens (primary N) is 1. The van der Waals surface area contributed by atoms with Gasteiger partial charge in [-0.2, -0.15) is 0 Å². The molecule has 0 aromatic heterocycles. The summed E-state index contributed by atoms with van der Waals surface area (Å²) >= 11 is 0. The van der Waals surface area contributed by atoms with Gasteiger partial charge in [-0.3, -0.25) is 0 Å². The minimum atomic E-state index is 0.347. The first kappa shape index (κ1) is 7.45. The molecule has 0 atom stereocenters. The predicted octanol–water partition coefficient (Wildman–Crippen LogP) is 1.48. The molecule has 0 radical (unpaired) electrons. The summed E-state index contributed by atoms with van der Waals surface area (Å²) < 4.78 is 5.08. The second kappa shape index (κ2) is 2.95. The van der Waals surface area contributed by atoms with Crippen LogP contribution in [0.5, 0.6) is 0 Å². The highest BCUT2D eigenvalue weighted by molar-refractivity contribution is 4.79. The first-order valence-electron chi connectivity index (χ1n) is 3.75. The Labute approximate surface area is 62.1 Å². The molecule has 2 nitrogen and oxygen atoms in total. The molecule has 0 spiro atoms. The van der Waals surface area contributed by atoms with Gasteiger partial charge in [0.15, 0.2) is 5.88 Å². The van der Waals surface area contributed by atoms with E-state index in [1.807, 2.05) is 0 Å². The van der Waals surface area contributed by atoms with Gasteiger partial charge in [-0.15, -0.1) is 0 Å². The molecule has 2 heteroatoms. The van der Waals surface area contributed by atoms with Gasteiger partial charge in [0.2, 0.25) is 0 Å². The van der Waals surface area contributed by atoms with Gasteiger partial charge in [-0.1, -0.05) is 6.92 Å². The van der Waals surface area contributed by atoms with Crippen molar-refractivity contribution in [2.24, 2.45) is 17.6 Å². The molecule has 0 aromatic rings. The Balaban J connectivity index is 2.00. The SMILES string of the molecule is C=C(N)OCC1CC(C)C1. The molecule has 1 aliphatic rings. The van der Waals surface area contributed by atoms with E-state index in [0.29, 0.717) is 5.88 Å². The number of rotatable bonds is 3. The lowest BCUT2D eigenvalue weighted by atomic mass is 9.77. The summed E-state index contributed by atoms with van der Waals surface area (Å²) in [5.74, 6) is 1.97. The third-order valence-electron chi connectivity index (χ3n) is 1.98. The van der Waals surface area contributed by atoms with Gasteiger partial charge >= 0.3 is 0 Å². The van der Waals surface area contributed by atoms with Crippen LogP contribution in [0.2, 0.25) is 0 Å². The highest BCUT2D eigenvalue weighted by Crippen LogP contribution is 2.33. The zero-order valence-electron chi connectivity index (χ0n) is 6.47. The Bertz CT molecular complexity index is 127. The van der Waals surface area contributed by atoms with E-state index >= 15 is 0 Å². The molecule has 0 saturated heterocycles. The van der Waals surface area contributed by atoms with Crippen molar-refractivity contribution in [3.63, 3.8) is 0 Å². The van der Waals surface area contributed by atoms with Gasteiger partial charge in [0.05, 0.1) is 6.61 Å². The smallest absolute Gasteiger partial charge is 0.176 e. The summed E-state index contributed by atoms with van der Waals surface area (Å²) in [5, 5.41) is 0. The van der Waals surface area contributed by atoms with Crippen molar-refractivity contribution >= 4 is 0 Å². The number of ether oxygens (including phenoxy) is 1. The maximum Gasteiger partial charge on any atom is 0.176 e. The van der Waals surface area contributed by atoms with E-state index in [1.165, 1.54) is 12.8 Å². The zero-order valence-corrected chi connectivity index (χ0v) is 6.47. The topological polar surface area (TPSA) is 35.2 Å². The molecule has 0 bridgehead atoms. The summed E-state index contributed by atoms with van der Waals surface area (Å²) in [5.41, 5.74) is 5.24. The van der Waals surface area contributed by atoms with Crippen LogP contribution in [0.25, 0.3) is 0 Å². The lowest BCUT2D eigenvalue weighted by Crippen LogP contribution is -2.25. The van der Waals surface area contributed by atoms with Gasteiger partial charge in [-0.25, -0.2) is 0 Å². The summed E-state index contributed by atoms with van der Waals surface area (Å²) in [6, 6.07) is 0. The Morgan fingerprint density at radius 2 is 2.30 bits per heavy atom. The molecule has 0 aromatic carbocycles. The number of hydrogen-bond acceptors (Lipinski definition) is 2. The third kappa shape index (κ3) is 1.94. The fourth-order valence-corrected chi connectivity index (χ4v) is 1.43. The first-order valence-corrected chi connectivity index (χ1v) is 3.75.